The molecule has 0 saturated heterocycles. The molecule has 0 bridgehead atoms. The molecule has 7 nitrogen and oxygen atoms in total. The monoisotopic (exact) mass is 1080 g/mol. The molecule has 0 radical (unpaired) electrons. The number of halogens is 5. The molecule has 1 aliphatic rings. The maximum Gasteiger partial charge on any atom is 0.318 e. The van der Waals surface area contributed by atoms with Gasteiger partial charge in [-0.2, -0.15) is 8.42 Å². The SMILES string of the molecule is O=C(Oc1cc(I)c(S(=O)(=O)O)c(I)c1)C1Cc2ccccc2C(C(=O)Oc2c(I)cc(I)cc2I)C1. The highest BCUT2D eigenvalue weighted by atomic mass is 127. The van der Waals surface area contributed by atoms with E-state index in [1.165, 1.54) is 12.1 Å². The minimum atomic E-state index is -4.42. The van der Waals surface area contributed by atoms with E-state index in [9.17, 15) is 22.6 Å². The van der Waals surface area contributed by atoms with Crippen LogP contribution in [0.5, 0.6) is 11.5 Å². The van der Waals surface area contributed by atoms with E-state index in [1.807, 2.05) is 36.4 Å². The second kappa shape index (κ2) is 12.4. The van der Waals surface area contributed by atoms with E-state index < -0.39 is 33.9 Å². The fourth-order valence-electron chi connectivity index (χ4n) is 4.06. The predicted molar refractivity (Wildman–Crippen MR) is 179 cm³/mol. The summed E-state index contributed by atoms with van der Waals surface area (Å²) in [7, 11) is -4.42. The Kier molecular flexibility index (Phi) is 10.1. The van der Waals surface area contributed by atoms with Gasteiger partial charge in [-0.25, -0.2) is 0 Å². The normalized spacial score (nSPS) is 17.1. The van der Waals surface area contributed by atoms with Gasteiger partial charge in [-0.1, -0.05) is 24.3 Å². The maximum atomic E-state index is 13.4. The Labute approximate surface area is 281 Å². The summed E-state index contributed by atoms with van der Waals surface area (Å²) in [5.74, 6) is -1.58. The number of ether oxygens (including phenoxy) is 2. The third-order valence-corrected chi connectivity index (χ3v) is 11.3. The Bertz CT molecular complexity index is 1480. The molecule has 13 heteroatoms. The van der Waals surface area contributed by atoms with Gasteiger partial charge >= 0.3 is 11.9 Å². The summed E-state index contributed by atoms with van der Waals surface area (Å²) >= 11 is 10.0. The molecule has 0 saturated carbocycles. The Balaban J connectivity index is 1.59. The topological polar surface area (TPSA) is 107 Å². The van der Waals surface area contributed by atoms with Crippen LogP contribution in [-0.2, 0) is 26.1 Å². The second-order valence-corrected chi connectivity index (χ2v) is 15.4. The average molecular weight is 1080 g/mol. The van der Waals surface area contributed by atoms with Crippen LogP contribution in [0.2, 0.25) is 0 Å². The van der Waals surface area contributed by atoms with Crippen molar-refractivity contribution in [3.05, 3.63) is 77.5 Å². The molecule has 0 fully saturated rings. The van der Waals surface area contributed by atoms with E-state index in [-0.39, 0.29) is 24.2 Å². The molecule has 4 rings (SSSR count). The molecule has 2 unspecified atom stereocenters. The molecule has 1 N–H and O–H groups in total. The lowest BCUT2D eigenvalue weighted by atomic mass is 9.77. The largest absolute Gasteiger partial charge is 0.426 e. The number of benzene rings is 3. The molecule has 3 aromatic rings. The first kappa shape index (κ1) is 30.1. The smallest absolute Gasteiger partial charge is 0.318 e. The van der Waals surface area contributed by atoms with Gasteiger partial charge in [0.25, 0.3) is 10.1 Å². The number of fused-ring (bicyclic) bond motifs is 1. The highest BCUT2D eigenvalue weighted by Crippen LogP contribution is 2.39. The first-order valence-electron chi connectivity index (χ1n) is 10.5. The third kappa shape index (κ3) is 7.09. The van der Waals surface area contributed by atoms with Gasteiger partial charge in [0, 0.05) is 10.7 Å². The molecule has 1 aliphatic carbocycles. The number of rotatable bonds is 5. The van der Waals surface area contributed by atoms with E-state index in [2.05, 4.69) is 67.8 Å². The Morgan fingerprint density at radius 3 is 2.03 bits per heavy atom. The Morgan fingerprint density at radius 1 is 0.838 bits per heavy atom. The van der Waals surface area contributed by atoms with Crippen LogP contribution in [0.15, 0.2) is 53.4 Å². The Hall–Kier alpha value is 0.160. The van der Waals surface area contributed by atoms with Crippen molar-refractivity contribution < 1.29 is 32.0 Å². The first-order valence-corrected chi connectivity index (χ1v) is 17.3. The highest BCUT2D eigenvalue weighted by molar-refractivity contribution is 14.1. The van der Waals surface area contributed by atoms with Crippen molar-refractivity contribution in [2.45, 2.75) is 23.7 Å². The average Bonchev–Trinajstić information content (AvgIpc) is 2.79. The van der Waals surface area contributed by atoms with E-state index in [4.69, 9.17) is 9.47 Å². The van der Waals surface area contributed by atoms with Crippen LogP contribution in [-0.4, -0.2) is 24.9 Å². The molecule has 0 aliphatic heterocycles. The first-order chi connectivity index (χ1) is 17.3. The fraction of sp³-hybridized carbons (Fsp3) is 0.167. The van der Waals surface area contributed by atoms with Gasteiger partial charge in [-0.3, -0.25) is 14.1 Å². The molecule has 0 heterocycles. The van der Waals surface area contributed by atoms with E-state index in [0.29, 0.717) is 12.2 Å². The fourth-order valence-corrected chi connectivity index (χ4v) is 11.9. The minimum absolute atomic E-state index is 0.159. The van der Waals surface area contributed by atoms with Crippen molar-refractivity contribution in [1.29, 1.82) is 0 Å². The molecular formula is C24H15I5O7S. The van der Waals surface area contributed by atoms with Crippen LogP contribution in [0.25, 0.3) is 0 Å². The van der Waals surface area contributed by atoms with E-state index in [1.54, 1.807) is 45.2 Å². The molecule has 0 amide bonds. The third-order valence-electron chi connectivity index (χ3n) is 5.65. The van der Waals surface area contributed by atoms with Crippen molar-refractivity contribution in [2.75, 3.05) is 0 Å². The van der Waals surface area contributed by atoms with Crippen molar-refractivity contribution >= 4 is 135 Å². The lowest BCUT2D eigenvalue weighted by Gasteiger charge is -2.29. The van der Waals surface area contributed by atoms with Crippen LogP contribution in [0, 0.1) is 23.8 Å². The molecular weight excluding hydrogens is 1070 g/mol. The van der Waals surface area contributed by atoms with Crippen LogP contribution in [0.3, 0.4) is 0 Å². The lowest BCUT2D eigenvalue weighted by molar-refractivity contribution is -0.141. The summed E-state index contributed by atoms with van der Waals surface area (Å²) in [6.45, 7) is 0. The number of hydrogen-bond donors (Lipinski definition) is 1. The van der Waals surface area contributed by atoms with Gasteiger partial charge in [0.05, 0.1) is 19.0 Å². The molecule has 3 aromatic carbocycles. The van der Waals surface area contributed by atoms with Crippen molar-refractivity contribution in [3.63, 3.8) is 0 Å². The minimum Gasteiger partial charge on any atom is -0.426 e. The molecule has 0 spiro atoms. The number of hydrogen-bond acceptors (Lipinski definition) is 6. The van der Waals surface area contributed by atoms with Gasteiger partial charge < -0.3 is 9.47 Å². The zero-order chi connectivity index (χ0) is 27.1. The summed E-state index contributed by atoms with van der Waals surface area (Å²) in [5, 5.41) is 0. The van der Waals surface area contributed by atoms with Crippen LogP contribution < -0.4 is 9.47 Å². The van der Waals surface area contributed by atoms with Crippen LogP contribution in [0.4, 0.5) is 0 Å². The van der Waals surface area contributed by atoms with Crippen molar-refractivity contribution in [1.82, 2.24) is 0 Å². The Morgan fingerprint density at radius 2 is 1.43 bits per heavy atom. The predicted octanol–water partition coefficient (Wildman–Crippen LogP) is 6.81. The van der Waals surface area contributed by atoms with Crippen molar-refractivity contribution in [2.24, 2.45) is 5.92 Å². The number of carbonyl (C=O) groups is 2. The summed E-state index contributed by atoms with van der Waals surface area (Å²) < 4.78 is 47.4. The van der Waals surface area contributed by atoms with Gasteiger partial charge in [0.1, 0.15) is 10.6 Å². The zero-order valence-electron chi connectivity index (χ0n) is 18.4. The van der Waals surface area contributed by atoms with E-state index >= 15 is 0 Å². The molecule has 37 heavy (non-hydrogen) atoms. The number of carbonyl (C=O) groups excluding carboxylic acids is 2. The molecule has 0 aromatic heterocycles. The van der Waals surface area contributed by atoms with Gasteiger partial charge in [0.2, 0.25) is 0 Å². The number of esters is 2. The summed E-state index contributed by atoms with van der Waals surface area (Å²) in [5.41, 5.74) is 1.70. The quantitative estimate of drug-likeness (QED) is 0.130. The molecule has 2 atom stereocenters. The zero-order valence-corrected chi connectivity index (χ0v) is 30.0. The molecule has 194 valence electrons. The summed E-state index contributed by atoms with van der Waals surface area (Å²) in [4.78, 5) is 26.4. The van der Waals surface area contributed by atoms with Gasteiger partial charge in [0.15, 0.2) is 5.75 Å². The highest BCUT2D eigenvalue weighted by Gasteiger charge is 2.37. The van der Waals surface area contributed by atoms with Gasteiger partial charge in [-0.05, 0) is 161 Å². The lowest BCUT2D eigenvalue weighted by Crippen LogP contribution is -2.33. The van der Waals surface area contributed by atoms with E-state index in [0.717, 1.165) is 21.8 Å². The maximum absolute atomic E-state index is 13.4. The second-order valence-electron chi connectivity index (χ2n) is 8.12. The summed E-state index contributed by atoms with van der Waals surface area (Å²) in [6.07, 6.45) is 0.609. The summed E-state index contributed by atoms with van der Waals surface area (Å²) in [6, 6.07) is 14.1. The van der Waals surface area contributed by atoms with Crippen molar-refractivity contribution in [3.8, 4) is 11.5 Å². The van der Waals surface area contributed by atoms with Crippen LogP contribution in [0.1, 0.15) is 23.5 Å². The standard InChI is InChI=1S/C24H15I5O7S/c25-13-7-17(26)21(18(27)8-13)36-24(31)16-6-12(5-11-3-1-2-4-15(11)16)23(30)35-14-9-19(28)22(20(29)10-14)37(32,33)34/h1-4,7-10,12,16H,5-6H2,(H,32,33,34). The van der Waals surface area contributed by atoms with Gasteiger partial charge in [-0.15, -0.1) is 0 Å². The van der Waals surface area contributed by atoms with Crippen LogP contribution >= 0.6 is 113 Å².